The zero-order valence-electron chi connectivity index (χ0n) is 55.6. The molecule has 1 saturated heterocycles. The molecule has 560 valence electrons. The quantitative estimate of drug-likeness (QED) is 0.0153. The fraction of sp³-hybridized carbons (Fsp3) is 0.691. The Bertz CT molecular complexity index is 2790. The number of hydrogen-bond acceptors (Lipinski definition) is 22. The topological polar surface area (TPSA) is 765 Å². The molecule has 11 amide bonds. The third-order valence-electron chi connectivity index (χ3n) is 14.9. The van der Waals surface area contributed by atoms with E-state index in [0.29, 0.717) is 6.42 Å². The summed E-state index contributed by atoms with van der Waals surface area (Å²) in [6.07, 6.45) is -0.104. The number of carboxylic acid groups (broad SMARTS) is 1. The van der Waals surface area contributed by atoms with Gasteiger partial charge in [-0.15, -0.1) is 0 Å². The van der Waals surface area contributed by atoms with Gasteiger partial charge in [-0.3, -0.25) is 79.8 Å². The summed E-state index contributed by atoms with van der Waals surface area (Å²) in [7, 11) is 0. The Morgan fingerprint density at radius 3 is 1.05 bits per heavy atom. The first-order chi connectivity index (χ1) is 46.6. The molecule has 0 saturated carbocycles. The Morgan fingerprint density at radius 1 is 0.404 bits per heavy atom. The highest BCUT2D eigenvalue weighted by molar-refractivity contribution is 5.99. The number of aliphatic hydroxyl groups excluding tert-OH is 4. The first-order valence-electron chi connectivity index (χ1n) is 31.8. The first kappa shape index (κ1) is 86.8. The fourth-order valence-corrected chi connectivity index (χ4v) is 9.50. The smallest absolute Gasteiger partial charge is 0.326 e. The van der Waals surface area contributed by atoms with E-state index in [1.807, 2.05) is 0 Å². The maximum atomic E-state index is 14.2. The van der Waals surface area contributed by atoms with Gasteiger partial charge < -0.3 is 145 Å². The van der Waals surface area contributed by atoms with Gasteiger partial charge in [0.15, 0.2) is 29.8 Å². The summed E-state index contributed by atoms with van der Waals surface area (Å²) >= 11 is 0. The number of nitrogens with one attached hydrogen (secondary N) is 20. The van der Waals surface area contributed by atoms with E-state index < -0.39 is 194 Å². The maximum Gasteiger partial charge on any atom is 0.326 e. The Balaban J connectivity index is 3.44. The third kappa shape index (κ3) is 33.5. The van der Waals surface area contributed by atoms with Gasteiger partial charge in [0.1, 0.15) is 72.5 Å². The van der Waals surface area contributed by atoms with Crippen LogP contribution in [-0.4, -0.2) is 269 Å². The molecule has 44 nitrogen and oxygen atoms in total. The Hall–Kier alpha value is -10.2. The molecule has 0 bridgehead atoms. The molecule has 0 radical (unpaired) electrons. The van der Waals surface area contributed by atoms with E-state index in [2.05, 4.69) is 79.8 Å². The molecule has 99 heavy (non-hydrogen) atoms. The summed E-state index contributed by atoms with van der Waals surface area (Å²) in [5, 5.41) is 124. The number of hydrogen-bond donors (Lipinski definition) is 31. The van der Waals surface area contributed by atoms with Crippen LogP contribution in [0.25, 0.3) is 0 Å². The predicted molar refractivity (Wildman–Crippen MR) is 354 cm³/mol. The second-order valence-electron chi connectivity index (χ2n) is 23.2. The lowest BCUT2D eigenvalue weighted by Crippen LogP contribution is -2.62. The van der Waals surface area contributed by atoms with Crippen molar-refractivity contribution in [1.29, 1.82) is 27.0 Å². The molecule has 1 rings (SSSR count). The van der Waals surface area contributed by atoms with Gasteiger partial charge in [0, 0.05) is 39.3 Å². The molecule has 0 spiro atoms. The second-order valence-corrected chi connectivity index (χ2v) is 23.2. The average molecular weight is 1410 g/mol. The van der Waals surface area contributed by atoms with E-state index in [0.717, 1.165) is 0 Å². The van der Waals surface area contributed by atoms with Gasteiger partial charge in [-0.05, 0) is 89.9 Å². The van der Waals surface area contributed by atoms with Crippen LogP contribution in [0.1, 0.15) is 97.8 Å². The van der Waals surface area contributed by atoms with Crippen molar-refractivity contribution in [3.63, 3.8) is 0 Å². The number of nitrogens with zero attached hydrogens (tertiary/aromatic N) is 1. The van der Waals surface area contributed by atoms with Crippen LogP contribution in [0.15, 0.2) is 0 Å². The number of guanidine groups is 5. The largest absolute Gasteiger partial charge is 0.480 e. The van der Waals surface area contributed by atoms with Crippen LogP contribution in [0.2, 0.25) is 0 Å². The van der Waals surface area contributed by atoms with Crippen LogP contribution in [0.4, 0.5) is 0 Å². The number of aliphatic hydroxyl groups is 4. The van der Waals surface area contributed by atoms with E-state index in [1.165, 1.54) is 25.7 Å². The Labute approximate surface area is 570 Å². The third-order valence-corrected chi connectivity index (χ3v) is 14.9. The van der Waals surface area contributed by atoms with Crippen molar-refractivity contribution in [3.8, 4) is 0 Å². The van der Waals surface area contributed by atoms with Gasteiger partial charge in [-0.2, -0.15) is 0 Å². The van der Waals surface area contributed by atoms with Crippen molar-refractivity contribution >= 4 is 101 Å². The number of amides is 11. The van der Waals surface area contributed by atoms with Crippen molar-refractivity contribution in [2.24, 2.45) is 40.3 Å². The second kappa shape index (κ2) is 46.1. The zero-order valence-corrected chi connectivity index (χ0v) is 55.6. The molecule has 1 aliphatic heterocycles. The van der Waals surface area contributed by atoms with Gasteiger partial charge >= 0.3 is 5.97 Å². The van der Waals surface area contributed by atoms with Gasteiger partial charge in [-0.1, -0.05) is 13.8 Å². The Kier molecular flexibility index (Phi) is 40.4. The van der Waals surface area contributed by atoms with Crippen molar-refractivity contribution in [3.05, 3.63) is 0 Å². The van der Waals surface area contributed by atoms with E-state index in [1.54, 1.807) is 0 Å². The van der Waals surface area contributed by atoms with E-state index >= 15 is 0 Å². The number of carbonyl (C=O) groups excluding carboxylic acids is 11. The number of nitrogens with two attached hydrogens (primary N) is 6. The summed E-state index contributed by atoms with van der Waals surface area (Å²) in [6.45, 7) is 0.408. The van der Waals surface area contributed by atoms with E-state index in [9.17, 15) is 83.1 Å². The lowest BCUT2D eigenvalue weighted by Gasteiger charge is -2.30. The fourth-order valence-electron chi connectivity index (χ4n) is 9.50. The van der Waals surface area contributed by atoms with Gasteiger partial charge in [-0.25, -0.2) is 4.79 Å². The van der Waals surface area contributed by atoms with Crippen LogP contribution < -0.4 is 114 Å². The summed E-state index contributed by atoms with van der Waals surface area (Å²) in [5.41, 5.74) is 32.5. The van der Waals surface area contributed by atoms with Crippen molar-refractivity contribution < 1.29 is 83.1 Å². The minimum Gasteiger partial charge on any atom is -0.480 e. The number of carboxylic acids is 1. The van der Waals surface area contributed by atoms with E-state index in [4.69, 9.17) is 61.4 Å². The molecule has 0 aromatic carbocycles. The number of rotatable bonds is 47. The standard InChI is InChI=1S/C55H103N27O17/c1-26(2)38(48(96)80-36(25-86)45(93)74-29(10-4-16-67-51(57)58)41(89)73-30(11-5-17-68-52(59)60)42(90)79-35(24-85)46(94)77-33(50(98)99)14-8-20-71-55(65)66)81-43(91)31(12-6-18-69-53(61)62)75-44(92)34(23-84)78-39(87)27(3)72-47(95)37-15-9-21-82(37)49(97)32(13-7-19-70-54(63)64)76-40(88)28(56)22-83/h26-38,83-86H,4-25,56H2,1-3H3,(H,72,95)(H,73,89)(H,74,93)(H,75,92)(H,76,88)(H,77,94)(H,78,87)(H,79,90)(H,80,96)(H,81,91)(H,98,99)(H4,57,58,67)(H4,59,60,68)(H4,61,62,69)(H4,63,64,70)(H4,65,66,71)/t27-,28-,29-,30-,31-,32-,33-,34-,35-,36-,37-,38-/m0/s1. The predicted octanol–water partition coefficient (Wildman–Crippen LogP) is -12.8. The first-order valence-corrected chi connectivity index (χ1v) is 31.8. The number of carbonyl (C=O) groups is 12. The molecule has 37 N–H and O–H groups in total. The molecule has 0 aliphatic carbocycles. The van der Waals surface area contributed by atoms with Crippen molar-refractivity contribution in [2.45, 2.75) is 170 Å². The minimum atomic E-state index is -1.88. The highest BCUT2D eigenvalue weighted by atomic mass is 16.4. The molecular weight excluding hydrogens is 1310 g/mol. The van der Waals surface area contributed by atoms with Gasteiger partial charge in [0.05, 0.1) is 26.4 Å². The highest BCUT2D eigenvalue weighted by Crippen LogP contribution is 2.20. The monoisotopic (exact) mass is 1410 g/mol. The molecule has 1 heterocycles. The summed E-state index contributed by atoms with van der Waals surface area (Å²) in [4.78, 5) is 165. The summed E-state index contributed by atoms with van der Waals surface area (Å²) in [6, 6.07) is -18.5. The molecule has 1 fully saturated rings. The zero-order chi connectivity index (χ0) is 75.1. The van der Waals surface area contributed by atoms with Crippen LogP contribution >= 0.6 is 0 Å². The number of aliphatic carboxylic acids is 1. The SMILES string of the molecule is CC(C)[C@H](NC(=O)[C@H](CCCNC(=N)N)NC(=O)[C@H](CO)NC(=O)[C@H](C)NC(=O)[C@@H]1CCCN1C(=O)[C@H](CCCNC(=N)N)NC(=O)[C@@H](N)CO)C(=O)N[C@@H](CO)C(=O)N[C@@H](CCCNC(=N)N)C(=O)N[C@@H](CCCNC(=N)N)C(=O)N[C@@H](CO)C(=O)N[C@@H](CCCNC(=N)N)C(=O)O. The van der Waals surface area contributed by atoms with Gasteiger partial charge in [0.2, 0.25) is 65.0 Å². The van der Waals surface area contributed by atoms with Gasteiger partial charge in [0.25, 0.3) is 0 Å². The van der Waals surface area contributed by atoms with Crippen molar-refractivity contribution in [2.75, 3.05) is 65.7 Å². The van der Waals surface area contributed by atoms with Crippen molar-refractivity contribution in [1.82, 2.24) is 84.7 Å². The lowest BCUT2D eigenvalue weighted by atomic mass is 10.0. The molecule has 0 aromatic heterocycles. The Morgan fingerprint density at radius 2 is 0.707 bits per heavy atom. The summed E-state index contributed by atoms with van der Waals surface area (Å²) < 4.78 is 0. The van der Waals surface area contributed by atoms with Crippen LogP contribution in [0.3, 0.4) is 0 Å². The van der Waals surface area contributed by atoms with Crippen LogP contribution in [-0.2, 0) is 57.5 Å². The lowest BCUT2D eigenvalue weighted by molar-refractivity contribution is -0.143. The average Bonchev–Trinajstić information content (AvgIpc) is 1.76. The minimum absolute atomic E-state index is 0.00371. The summed E-state index contributed by atoms with van der Waals surface area (Å²) in [5.74, 6) is -15.4. The molecular formula is C55H103N27O17. The van der Waals surface area contributed by atoms with Crippen LogP contribution in [0.5, 0.6) is 0 Å². The molecule has 0 aromatic rings. The van der Waals surface area contributed by atoms with Crippen LogP contribution in [0, 0.1) is 33.0 Å². The molecule has 44 heteroatoms. The highest BCUT2D eigenvalue weighted by Gasteiger charge is 2.40. The molecule has 0 unspecified atom stereocenters. The number of likely N-dealkylation sites (tertiary alicyclic amines) is 1. The molecule has 1 aliphatic rings. The molecule has 12 atom stereocenters. The maximum absolute atomic E-state index is 14.2. The normalized spacial score (nSPS) is 15.8. The van der Waals surface area contributed by atoms with E-state index in [-0.39, 0.29) is 122 Å².